The summed E-state index contributed by atoms with van der Waals surface area (Å²) in [5, 5.41) is 0. The molecule has 1 aromatic heterocycles. The Hall–Kier alpha value is -2.32. The van der Waals surface area contributed by atoms with Gasteiger partial charge in [0, 0.05) is 7.05 Å². The molecule has 0 saturated carbocycles. The summed E-state index contributed by atoms with van der Waals surface area (Å²) in [5.74, 6) is 0.693. The Morgan fingerprint density at radius 1 is 1.13 bits per heavy atom. The Kier molecular flexibility index (Phi) is 6.02. The minimum absolute atomic E-state index is 0.257. The van der Waals surface area contributed by atoms with E-state index in [-0.39, 0.29) is 30.5 Å². The lowest BCUT2D eigenvalue weighted by Crippen LogP contribution is -2.41. The van der Waals surface area contributed by atoms with E-state index in [1.165, 1.54) is 4.90 Å². The van der Waals surface area contributed by atoms with Gasteiger partial charge in [0.15, 0.2) is 0 Å². The van der Waals surface area contributed by atoms with E-state index in [1.54, 1.807) is 13.2 Å². The number of amides is 1. The predicted molar refractivity (Wildman–Crippen MR) is 122 cm³/mol. The zero-order chi connectivity index (χ0) is 23.2. The molecule has 0 bridgehead atoms. The number of imidazole rings is 1. The molecule has 1 aliphatic rings. The van der Waals surface area contributed by atoms with E-state index in [2.05, 4.69) is 9.97 Å². The first-order valence-corrected chi connectivity index (χ1v) is 10.7. The van der Waals surface area contributed by atoms with E-state index < -0.39 is 5.60 Å². The molecule has 3 rings (SSSR count). The quantitative estimate of drug-likeness (QED) is 0.737. The molecule has 1 amide bonds. The number of carbonyl (C=O) groups is 1. The summed E-state index contributed by atoms with van der Waals surface area (Å²) in [4.78, 5) is 21.7. The van der Waals surface area contributed by atoms with Gasteiger partial charge in [-0.05, 0) is 66.4 Å². The third kappa shape index (κ3) is 4.96. The fraction of sp³-hybridized carbons (Fsp3) is 0.565. The molecule has 1 fully saturated rings. The molecular weight excluding hydrogens is 393 g/mol. The number of carbonyl (C=O) groups excluding carboxylic acids is 1. The summed E-state index contributed by atoms with van der Waals surface area (Å²) in [6, 6.07) is 7.79. The van der Waals surface area contributed by atoms with Crippen LogP contribution in [0.1, 0.15) is 67.3 Å². The van der Waals surface area contributed by atoms with Gasteiger partial charge in [-0.1, -0.05) is 24.3 Å². The molecule has 1 aromatic carbocycles. The van der Waals surface area contributed by atoms with Crippen molar-refractivity contribution >= 4 is 18.7 Å². The maximum absolute atomic E-state index is 12.3. The molecule has 2 aromatic rings. The number of benzene rings is 1. The molecule has 0 aliphatic carbocycles. The second kappa shape index (κ2) is 7.99. The van der Waals surface area contributed by atoms with Gasteiger partial charge >= 0.3 is 13.2 Å². The largest absolute Gasteiger partial charge is 0.494 e. The van der Waals surface area contributed by atoms with Crippen LogP contribution in [0.15, 0.2) is 30.5 Å². The van der Waals surface area contributed by atoms with Crippen LogP contribution in [-0.4, -0.2) is 51.9 Å². The fourth-order valence-electron chi connectivity index (χ4n) is 3.17. The molecule has 31 heavy (non-hydrogen) atoms. The SMILES string of the molecule is C[C@@H](c1ncc(-c2ccc(B3OC(C)(C)C(C)(C)O3)cc2)[nH]1)N(C)C(=O)OC(C)(C)C. The maximum atomic E-state index is 12.3. The standard InChI is InChI=1S/C23H34BN3O4/c1-15(27(9)20(28)29-21(2,3)4)19-25-14-18(26-19)16-10-12-17(13-11-16)24-30-22(5,6)23(7,8)31-24/h10-15H,1-9H3,(H,25,26)/t15-/m0/s1. The monoisotopic (exact) mass is 427 g/mol. The van der Waals surface area contributed by atoms with E-state index >= 15 is 0 Å². The molecule has 0 unspecified atom stereocenters. The number of hydrogen-bond donors (Lipinski definition) is 1. The zero-order valence-corrected chi connectivity index (χ0v) is 20.1. The molecule has 168 valence electrons. The Morgan fingerprint density at radius 3 is 2.19 bits per heavy atom. The van der Waals surface area contributed by atoms with Crippen molar-refractivity contribution in [2.24, 2.45) is 0 Å². The van der Waals surface area contributed by atoms with Crippen LogP contribution in [0.4, 0.5) is 4.79 Å². The van der Waals surface area contributed by atoms with E-state index in [0.29, 0.717) is 5.82 Å². The highest BCUT2D eigenvalue weighted by molar-refractivity contribution is 6.62. The average Bonchev–Trinajstić information content (AvgIpc) is 3.22. The fourth-order valence-corrected chi connectivity index (χ4v) is 3.17. The third-order valence-corrected chi connectivity index (χ3v) is 6.00. The van der Waals surface area contributed by atoms with E-state index in [4.69, 9.17) is 14.0 Å². The molecule has 1 atom stereocenters. The van der Waals surface area contributed by atoms with Crippen molar-refractivity contribution in [3.8, 4) is 11.3 Å². The van der Waals surface area contributed by atoms with Crippen molar-refractivity contribution < 1.29 is 18.8 Å². The second-order valence-electron chi connectivity index (χ2n) is 10.2. The lowest BCUT2D eigenvalue weighted by Gasteiger charge is -2.32. The number of aromatic nitrogens is 2. The summed E-state index contributed by atoms with van der Waals surface area (Å²) in [5.41, 5.74) is 1.56. The van der Waals surface area contributed by atoms with Crippen LogP contribution in [-0.2, 0) is 14.0 Å². The molecule has 1 N–H and O–H groups in total. The number of nitrogens with zero attached hydrogens (tertiary/aromatic N) is 2. The normalized spacial score (nSPS) is 18.7. The Balaban J connectivity index is 1.71. The number of H-pyrrole nitrogens is 1. The predicted octanol–water partition coefficient (Wildman–Crippen LogP) is 4.30. The summed E-state index contributed by atoms with van der Waals surface area (Å²) in [6.07, 6.45) is 1.39. The smallest absolute Gasteiger partial charge is 0.444 e. The van der Waals surface area contributed by atoms with Crippen LogP contribution >= 0.6 is 0 Å². The molecule has 0 radical (unpaired) electrons. The zero-order valence-electron chi connectivity index (χ0n) is 20.1. The Bertz CT molecular complexity index is 915. The van der Waals surface area contributed by atoms with Crippen LogP contribution in [0.5, 0.6) is 0 Å². The van der Waals surface area contributed by atoms with Gasteiger partial charge in [-0.2, -0.15) is 0 Å². The van der Waals surface area contributed by atoms with Gasteiger partial charge in [-0.3, -0.25) is 0 Å². The molecule has 1 aliphatic heterocycles. The van der Waals surface area contributed by atoms with Crippen molar-refractivity contribution in [3.63, 3.8) is 0 Å². The molecule has 2 heterocycles. The third-order valence-electron chi connectivity index (χ3n) is 6.00. The summed E-state index contributed by atoms with van der Waals surface area (Å²) in [6.45, 7) is 15.6. The number of rotatable bonds is 4. The lowest BCUT2D eigenvalue weighted by molar-refractivity contribution is 0.00578. The molecule has 1 saturated heterocycles. The maximum Gasteiger partial charge on any atom is 0.494 e. The van der Waals surface area contributed by atoms with Crippen molar-refractivity contribution in [1.82, 2.24) is 14.9 Å². The van der Waals surface area contributed by atoms with Crippen LogP contribution in [0.3, 0.4) is 0 Å². The van der Waals surface area contributed by atoms with Gasteiger partial charge in [-0.25, -0.2) is 9.78 Å². The summed E-state index contributed by atoms with van der Waals surface area (Å²) >= 11 is 0. The Morgan fingerprint density at radius 2 is 1.68 bits per heavy atom. The van der Waals surface area contributed by atoms with Crippen LogP contribution in [0.2, 0.25) is 0 Å². The van der Waals surface area contributed by atoms with Gasteiger partial charge in [0.1, 0.15) is 11.4 Å². The first kappa shape index (κ1) is 23.4. The highest BCUT2D eigenvalue weighted by Crippen LogP contribution is 2.36. The first-order valence-electron chi connectivity index (χ1n) is 10.7. The van der Waals surface area contributed by atoms with Crippen LogP contribution in [0.25, 0.3) is 11.3 Å². The first-order chi connectivity index (χ1) is 14.2. The molecule has 8 heteroatoms. The van der Waals surface area contributed by atoms with Gasteiger partial charge in [0.05, 0.1) is 29.1 Å². The van der Waals surface area contributed by atoms with E-state index in [9.17, 15) is 4.79 Å². The summed E-state index contributed by atoms with van der Waals surface area (Å²) < 4.78 is 17.7. The molecule has 7 nitrogen and oxygen atoms in total. The van der Waals surface area contributed by atoms with Crippen molar-refractivity contribution in [2.45, 2.75) is 78.2 Å². The van der Waals surface area contributed by atoms with Crippen LogP contribution in [0, 0.1) is 0 Å². The molecular formula is C23H34BN3O4. The van der Waals surface area contributed by atoms with E-state index in [1.807, 2.05) is 79.7 Å². The highest BCUT2D eigenvalue weighted by Gasteiger charge is 2.51. The van der Waals surface area contributed by atoms with Gasteiger partial charge in [0.2, 0.25) is 0 Å². The van der Waals surface area contributed by atoms with Crippen molar-refractivity contribution in [1.29, 1.82) is 0 Å². The number of aromatic amines is 1. The minimum Gasteiger partial charge on any atom is -0.444 e. The van der Waals surface area contributed by atoms with Crippen molar-refractivity contribution in [2.75, 3.05) is 7.05 Å². The number of nitrogens with one attached hydrogen (secondary N) is 1. The van der Waals surface area contributed by atoms with E-state index in [0.717, 1.165) is 16.7 Å². The minimum atomic E-state index is -0.543. The number of hydrogen-bond acceptors (Lipinski definition) is 5. The highest BCUT2D eigenvalue weighted by atomic mass is 16.7. The van der Waals surface area contributed by atoms with Gasteiger partial charge < -0.3 is 23.9 Å². The Labute approximate surface area is 185 Å². The molecule has 0 spiro atoms. The average molecular weight is 427 g/mol. The lowest BCUT2D eigenvalue weighted by atomic mass is 9.79. The van der Waals surface area contributed by atoms with Crippen molar-refractivity contribution in [3.05, 3.63) is 36.3 Å². The van der Waals surface area contributed by atoms with Crippen LogP contribution < -0.4 is 5.46 Å². The van der Waals surface area contributed by atoms with Gasteiger partial charge in [0.25, 0.3) is 0 Å². The second-order valence-corrected chi connectivity index (χ2v) is 10.2. The topological polar surface area (TPSA) is 76.7 Å². The number of ether oxygens (including phenoxy) is 1. The van der Waals surface area contributed by atoms with Gasteiger partial charge in [-0.15, -0.1) is 0 Å². The summed E-state index contributed by atoms with van der Waals surface area (Å²) in [7, 11) is 1.32.